The molecule has 0 radical (unpaired) electrons. The van der Waals surface area contributed by atoms with Gasteiger partial charge in [0.05, 0.1) is 12.5 Å². The number of rotatable bonds is 4. The quantitative estimate of drug-likeness (QED) is 0.785. The Morgan fingerprint density at radius 1 is 1.39 bits per heavy atom. The van der Waals surface area contributed by atoms with Crippen molar-refractivity contribution in [1.29, 1.82) is 0 Å². The maximum Gasteiger partial charge on any atom is 0.241 e. The molecular formula is C13H25N3O2. The minimum absolute atomic E-state index is 0.0150. The summed E-state index contributed by atoms with van der Waals surface area (Å²) in [5, 5.41) is 0. The molecule has 2 amide bonds. The lowest BCUT2D eigenvalue weighted by Crippen LogP contribution is -2.43. The van der Waals surface area contributed by atoms with E-state index in [0.29, 0.717) is 19.0 Å². The van der Waals surface area contributed by atoms with E-state index in [1.807, 2.05) is 0 Å². The second-order valence-corrected chi connectivity index (χ2v) is 5.49. The van der Waals surface area contributed by atoms with E-state index in [0.717, 1.165) is 19.4 Å². The third kappa shape index (κ3) is 3.98. The van der Waals surface area contributed by atoms with E-state index in [1.165, 1.54) is 0 Å². The van der Waals surface area contributed by atoms with Gasteiger partial charge in [0.2, 0.25) is 11.8 Å². The van der Waals surface area contributed by atoms with Crippen LogP contribution in [0, 0.1) is 11.8 Å². The van der Waals surface area contributed by atoms with E-state index in [-0.39, 0.29) is 24.3 Å². The van der Waals surface area contributed by atoms with Gasteiger partial charge in [-0.25, -0.2) is 0 Å². The van der Waals surface area contributed by atoms with E-state index in [4.69, 9.17) is 5.73 Å². The number of nitrogens with two attached hydrogens (primary N) is 1. The third-order valence-corrected chi connectivity index (χ3v) is 3.37. The van der Waals surface area contributed by atoms with Gasteiger partial charge in [0.15, 0.2) is 0 Å². The first-order valence-corrected chi connectivity index (χ1v) is 6.68. The van der Waals surface area contributed by atoms with Crippen molar-refractivity contribution in [3.8, 4) is 0 Å². The molecule has 5 heteroatoms. The summed E-state index contributed by atoms with van der Waals surface area (Å²) in [6.07, 6.45) is 1.63. The van der Waals surface area contributed by atoms with E-state index >= 15 is 0 Å². The van der Waals surface area contributed by atoms with E-state index in [9.17, 15) is 9.59 Å². The molecule has 0 bridgehead atoms. The Kier molecular flexibility index (Phi) is 5.59. The highest BCUT2D eigenvalue weighted by atomic mass is 16.2. The van der Waals surface area contributed by atoms with Crippen molar-refractivity contribution in [1.82, 2.24) is 9.80 Å². The highest BCUT2D eigenvalue weighted by Gasteiger charge is 2.28. The largest absolute Gasteiger partial charge is 0.344 e. The fourth-order valence-corrected chi connectivity index (χ4v) is 2.30. The summed E-state index contributed by atoms with van der Waals surface area (Å²) in [6.45, 7) is 6.10. The molecule has 1 unspecified atom stereocenters. The topological polar surface area (TPSA) is 66.6 Å². The zero-order valence-electron chi connectivity index (χ0n) is 11.7. The van der Waals surface area contributed by atoms with Gasteiger partial charge in [-0.3, -0.25) is 9.59 Å². The van der Waals surface area contributed by atoms with Crippen LogP contribution < -0.4 is 5.73 Å². The number of hydrogen-bond donors (Lipinski definition) is 1. The van der Waals surface area contributed by atoms with E-state index < -0.39 is 0 Å². The summed E-state index contributed by atoms with van der Waals surface area (Å²) >= 11 is 0. The van der Waals surface area contributed by atoms with Crippen LogP contribution in [0.1, 0.15) is 26.7 Å². The summed E-state index contributed by atoms with van der Waals surface area (Å²) < 4.78 is 0. The van der Waals surface area contributed by atoms with Crippen LogP contribution in [0.2, 0.25) is 0 Å². The molecule has 1 aliphatic rings. The molecule has 0 aliphatic carbocycles. The molecule has 0 aromatic carbocycles. The van der Waals surface area contributed by atoms with Gasteiger partial charge < -0.3 is 15.5 Å². The average molecular weight is 255 g/mol. The first kappa shape index (κ1) is 15.0. The fourth-order valence-electron chi connectivity index (χ4n) is 2.30. The molecule has 18 heavy (non-hydrogen) atoms. The lowest BCUT2D eigenvalue weighted by atomic mass is 9.96. The second kappa shape index (κ2) is 6.73. The Balaban J connectivity index is 2.66. The molecule has 1 rings (SSSR count). The van der Waals surface area contributed by atoms with E-state index in [2.05, 4.69) is 13.8 Å². The van der Waals surface area contributed by atoms with Crippen molar-refractivity contribution in [2.75, 3.05) is 33.2 Å². The van der Waals surface area contributed by atoms with Crippen molar-refractivity contribution < 1.29 is 9.59 Å². The minimum atomic E-state index is -0.152. The van der Waals surface area contributed by atoms with Gasteiger partial charge in [-0.15, -0.1) is 0 Å². The average Bonchev–Trinajstić information content (AvgIpc) is 2.48. The van der Waals surface area contributed by atoms with Crippen LogP contribution >= 0.6 is 0 Å². The predicted molar refractivity (Wildman–Crippen MR) is 70.8 cm³/mol. The monoisotopic (exact) mass is 255 g/mol. The lowest BCUT2D eigenvalue weighted by Gasteiger charge is -2.25. The van der Waals surface area contributed by atoms with Crippen molar-refractivity contribution in [2.24, 2.45) is 17.6 Å². The summed E-state index contributed by atoms with van der Waals surface area (Å²) in [6, 6.07) is 0. The summed E-state index contributed by atoms with van der Waals surface area (Å²) in [5.41, 5.74) is 5.69. The standard InChI is InChI=1S/C13H25N3O2/c1-10(2)7-11(8-14)13(18)16-6-4-5-15(3)12(17)9-16/h10-11H,4-9,14H2,1-3H3. The van der Waals surface area contributed by atoms with Crippen molar-refractivity contribution in [2.45, 2.75) is 26.7 Å². The number of carbonyl (C=O) groups is 2. The Hall–Kier alpha value is -1.10. The van der Waals surface area contributed by atoms with Crippen LogP contribution in [-0.4, -0.2) is 54.8 Å². The molecular weight excluding hydrogens is 230 g/mol. The number of amides is 2. The molecule has 1 fully saturated rings. The van der Waals surface area contributed by atoms with Gasteiger partial charge in [-0.1, -0.05) is 13.8 Å². The SMILES string of the molecule is CC(C)CC(CN)C(=O)N1CCCN(C)C(=O)C1. The summed E-state index contributed by atoms with van der Waals surface area (Å²) in [4.78, 5) is 27.5. The van der Waals surface area contributed by atoms with Gasteiger partial charge >= 0.3 is 0 Å². The zero-order valence-corrected chi connectivity index (χ0v) is 11.7. The molecule has 1 atom stereocenters. The van der Waals surface area contributed by atoms with Crippen molar-refractivity contribution >= 4 is 11.8 Å². The number of carbonyl (C=O) groups excluding carboxylic acids is 2. The smallest absolute Gasteiger partial charge is 0.241 e. The third-order valence-electron chi connectivity index (χ3n) is 3.37. The van der Waals surface area contributed by atoms with Crippen molar-refractivity contribution in [3.63, 3.8) is 0 Å². The number of likely N-dealkylation sites (N-methyl/N-ethyl adjacent to an activating group) is 1. The van der Waals surface area contributed by atoms with Crippen molar-refractivity contribution in [3.05, 3.63) is 0 Å². The van der Waals surface area contributed by atoms with E-state index in [1.54, 1.807) is 16.8 Å². The summed E-state index contributed by atoms with van der Waals surface area (Å²) in [7, 11) is 1.78. The highest BCUT2D eigenvalue weighted by Crippen LogP contribution is 2.15. The minimum Gasteiger partial charge on any atom is -0.344 e. The Morgan fingerprint density at radius 2 is 2.06 bits per heavy atom. The molecule has 5 nitrogen and oxygen atoms in total. The molecule has 0 aromatic heterocycles. The van der Waals surface area contributed by atoms with Crippen LogP contribution in [0.15, 0.2) is 0 Å². The molecule has 1 heterocycles. The maximum absolute atomic E-state index is 12.3. The normalized spacial score (nSPS) is 19.1. The van der Waals surface area contributed by atoms with Gasteiger partial charge in [0.1, 0.15) is 0 Å². The maximum atomic E-state index is 12.3. The molecule has 0 spiro atoms. The highest BCUT2D eigenvalue weighted by molar-refractivity contribution is 5.86. The molecule has 104 valence electrons. The Bertz CT molecular complexity index is 305. The summed E-state index contributed by atoms with van der Waals surface area (Å²) in [5.74, 6) is 0.338. The number of nitrogens with zero attached hydrogens (tertiary/aromatic N) is 2. The molecule has 0 aromatic rings. The van der Waals surface area contributed by atoms with Crippen LogP contribution in [0.3, 0.4) is 0 Å². The lowest BCUT2D eigenvalue weighted by molar-refractivity contribution is -0.140. The van der Waals surface area contributed by atoms with Crippen LogP contribution in [-0.2, 0) is 9.59 Å². The molecule has 0 saturated carbocycles. The molecule has 2 N–H and O–H groups in total. The van der Waals surface area contributed by atoms with Gasteiger partial charge in [-0.2, -0.15) is 0 Å². The van der Waals surface area contributed by atoms with Gasteiger partial charge in [-0.05, 0) is 18.8 Å². The van der Waals surface area contributed by atoms with Crippen LogP contribution in [0.5, 0.6) is 0 Å². The second-order valence-electron chi connectivity index (χ2n) is 5.49. The first-order chi connectivity index (χ1) is 8.45. The zero-order chi connectivity index (χ0) is 13.7. The predicted octanol–water partition coefficient (Wildman–Crippen LogP) is 0.298. The fraction of sp³-hybridized carbons (Fsp3) is 0.846. The first-order valence-electron chi connectivity index (χ1n) is 6.68. The van der Waals surface area contributed by atoms with Gasteiger partial charge in [0, 0.05) is 26.7 Å². The Morgan fingerprint density at radius 3 is 2.61 bits per heavy atom. The number of hydrogen-bond acceptors (Lipinski definition) is 3. The molecule has 1 aliphatic heterocycles. The Labute approximate surface area is 109 Å². The van der Waals surface area contributed by atoms with Crippen LogP contribution in [0.25, 0.3) is 0 Å². The molecule has 1 saturated heterocycles. The van der Waals surface area contributed by atoms with Crippen LogP contribution in [0.4, 0.5) is 0 Å². The van der Waals surface area contributed by atoms with Gasteiger partial charge in [0.25, 0.3) is 0 Å².